The normalized spacial score (nSPS) is 19.7. The zero-order valence-corrected chi connectivity index (χ0v) is 18.0. The molecule has 0 saturated heterocycles. The Labute approximate surface area is 184 Å². The molecule has 0 unspecified atom stereocenters. The quantitative estimate of drug-likeness (QED) is 0.623. The molecule has 8 nitrogen and oxygen atoms in total. The van der Waals surface area contributed by atoms with Crippen LogP contribution >= 0.6 is 0 Å². The third kappa shape index (κ3) is 3.32. The van der Waals surface area contributed by atoms with E-state index in [0.717, 1.165) is 22.2 Å². The number of H-pyrrole nitrogens is 1. The summed E-state index contributed by atoms with van der Waals surface area (Å²) in [5, 5.41) is 11.1. The molecule has 0 aliphatic carbocycles. The first kappa shape index (κ1) is 20.2. The topological polar surface area (TPSA) is 101 Å². The van der Waals surface area contributed by atoms with Gasteiger partial charge in [-0.3, -0.25) is 4.90 Å². The minimum atomic E-state index is -1.09. The van der Waals surface area contributed by atoms with Gasteiger partial charge < -0.3 is 24.3 Å². The van der Waals surface area contributed by atoms with Gasteiger partial charge in [-0.15, -0.1) is 0 Å². The monoisotopic (exact) mass is 436 g/mol. The molecule has 2 atom stereocenters. The number of hydrogen-bond donors (Lipinski definition) is 2. The Hall–Kier alpha value is -3.68. The number of nitrogens with zero attached hydrogens (tertiary/aromatic N) is 1. The van der Waals surface area contributed by atoms with Crippen molar-refractivity contribution in [3.63, 3.8) is 0 Å². The Bertz CT molecular complexity index is 1220. The number of carboxylic acids is 1. The molecule has 0 radical (unpaired) electrons. The lowest BCUT2D eigenvalue weighted by Crippen LogP contribution is -2.52. The maximum atomic E-state index is 13.3. The fraction of sp³-hybridized carbons (Fsp3) is 0.333. The van der Waals surface area contributed by atoms with E-state index < -0.39 is 29.7 Å². The molecule has 0 fully saturated rings. The molecule has 3 aromatic rings. The molecule has 2 aliphatic rings. The SMILES string of the molecule is CC(C)(C)OC(=O)N1[C@H](c2ccc3c(c2)OCO3)c2[nH]c3ccccc3c2C[C@@H]1C(=O)O. The predicted octanol–water partition coefficient (Wildman–Crippen LogP) is 4.23. The summed E-state index contributed by atoms with van der Waals surface area (Å²) in [6.07, 6.45) is -0.508. The van der Waals surface area contributed by atoms with Gasteiger partial charge in [-0.25, -0.2) is 9.59 Å². The molecular formula is C24H24N2O6. The first-order valence-electron chi connectivity index (χ1n) is 10.5. The van der Waals surface area contributed by atoms with Gasteiger partial charge in [0.15, 0.2) is 11.5 Å². The summed E-state index contributed by atoms with van der Waals surface area (Å²) in [6.45, 7) is 5.40. The number of carbonyl (C=O) groups excluding carboxylic acids is 1. The summed E-state index contributed by atoms with van der Waals surface area (Å²) in [6, 6.07) is 11.4. The number of carboxylic acid groups (broad SMARTS) is 1. The third-order valence-electron chi connectivity index (χ3n) is 5.73. The summed E-state index contributed by atoms with van der Waals surface area (Å²) in [5.74, 6) is 0.0827. The van der Waals surface area contributed by atoms with Crippen LogP contribution in [0.1, 0.15) is 43.6 Å². The van der Waals surface area contributed by atoms with Crippen molar-refractivity contribution in [3.8, 4) is 11.5 Å². The number of aromatic nitrogens is 1. The molecule has 2 N–H and O–H groups in total. The number of aliphatic carboxylic acids is 1. The Morgan fingerprint density at radius 3 is 2.62 bits per heavy atom. The average molecular weight is 436 g/mol. The van der Waals surface area contributed by atoms with E-state index in [0.29, 0.717) is 17.1 Å². The van der Waals surface area contributed by atoms with Crippen molar-refractivity contribution in [1.82, 2.24) is 9.88 Å². The van der Waals surface area contributed by atoms with Crippen molar-refractivity contribution in [1.29, 1.82) is 0 Å². The maximum Gasteiger partial charge on any atom is 0.411 e. The van der Waals surface area contributed by atoms with Crippen LogP contribution in [0.3, 0.4) is 0 Å². The molecule has 2 aromatic carbocycles. The Balaban J connectivity index is 1.72. The van der Waals surface area contributed by atoms with E-state index in [1.54, 1.807) is 32.9 Å². The van der Waals surface area contributed by atoms with Crippen molar-refractivity contribution in [2.45, 2.75) is 44.9 Å². The minimum Gasteiger partial charge on any atom is -0.480 e. The van der Waals surface area contributed by atoms with Gasteiger partial charge >= 0.3 is 12.1 Å². The second-order valence-corrected chi connectivity index (χ2v) is 9.02. The van der Waals surface area contributed by atoms with E-state index in [9.17, 15) is 14.7 Å². The van der Waals surface area contributed by atoms with Crippen LogP contribution in [-0.2, 0) is 16.0 Å². The number of amides is 1. The smallest absolute Gasteiger partial charge is 0.411 e. The zero-order valence-electron chi connectivity index (χ0n) is 18.0. The number of hydrogen-bond acceptors (Lipinski definition) is 5. The lowest BCUT2D eigenvalue weighted by molar-refractivity contribution is -0.144. The van der Waals surface area contributed by atoms with Crippen molar-refractivity contribution in [3.05, 3.63) is 59.3 Å². The summed E-state index contributed by atoms with van der Waals surface area (Å²) in [4.78, 5) is 30.5. The number of fused-ring (bicyclic) bond motifs is 4. The van der Waals surface area contributed by atoms with Gasteiger partial charge in [0.25, 0.3) is 0 Å². The number of nitrogens with one attached hydrogen (secondary N) is 1. The highest BCUT2D eigenvalue weighted by Gasteiger charge is 2.45. The molecule has 2 aliphatic heterocycles. The van der Waals surface area contributed by atoms with Gasteiger partial charge in [0.05, 0.1) is 0 Å². The van der Waals surface area contributed by atoms with E-state index in [2.05, 4.69) is 4.98 Å². The summed E-state index contributed by atoms with van der Waals surface area (Å²) in [7, 11) is 0. The van der Waals surface area contributed by atoms with Gasteiger partial charge in [-0.1, -0.05) is 24.3 Å². The first-order chi connectivity index (χ1) is 15.2. The number of para-hydroxylation sites is 1. The lowest BCUT2D eigenvalue weighted by Gasteiger charge is -2.40. The van der Waals surface area contributed by atoms with Crippen LogP contribution in [0, 0.1) is 0 Å². The third-order valence-corrected chi connectivity index (χ3v) is 5.73. The highest BCUT2D eigenvalue weighted by Crippen LogP contribution is 2.44. The molecule has 1 amide bonds. The molecule has 5 rings (SSSR count). The van der Waals surface area contributed by atoms with Crippen LogP contribution in [-0.4, -0.2) is 45.5 Å². The van der Waals surface area contributed by atoms with Crippen LogP contribution < -0.4 is 9.47 Å². The standard InChI is InChI=1S/C24H24N2O6/c1-24(2,3)32-23(29)26-17(22(27)28)11-15-14-6-4-5-7-16(14)25-20(15)21(26)13-8-9-18-19(10-13)31-12-30-18/h4-10,17,21,25H,11-12H2,1-3H3,(H,27,28)/t17-,21-/m1/s1. The molecule has 166 valence electrons. The van der Waals surface area contributed by atoms with E-state index in [-0.39, 0.29) is 13.2 Å². The largest absolute Gasteiger partial charge is 0.480 e. The number of carbonyl (C=O) groups is 2. The van der Waals surface area contributed by atoms with E-state index in [1.807, 2.05) is 30.3 Å². The Morgan fingerprint density at radius 1 is 1.12 bits per heavy atom. The van der Waals surface area contributed by atoms with Crippen molar-refractivity contribution in [2.75, 3.05) is 6.79 Å². The van der Waals surface area contributed by atoms with Crippen molar-refractivity contribution in [2.24, 2.45) is 0 Å². The molecule has 0 saturated carbocycles. The maximum absolute atomic E-state index is 13.3. The van der Waals surface area contributed by atoms with Crippen LogP contribution in [0.25, 0.3) is 10.9 Å². The van der Waals surface area contributed by atoms with Crippen LogP contribution in [0.15, 0.2) is 42.5 Å². The van der Waals surface area contributed by atoms with Crippen LogP contribution in [0.5, 0.6) is 11.5 Å². The average Bonchev–Trinajstić information content (AvgIpc) is 3.34. The molecule has 8 heteroatoms. The molecule has 0 bridgehead atoms. The van der Waals surface area contributed by atoms with Gasteiger partial charge in [-0.2, -0.15) is 0 Å². The van der Waals surface area contributed by atoms with Crippen LogP contribution in [0.4, 0.5) is 4.79 Å². The molecule has 32 heavy (non-hydrogen) atoms. The van der Waals surface area contributed by atoms with E-state index in [1.165, 1.54) is 4.90 Å². The highest BCUT2D eigenvalue weighted by atomic mass is 16.7. The van der Waals surface area contributed by atoms with Crippen molar-refractivity contribution >= 4 is 23.0 Å². The number of rotatable bonds is 2. The van der Waals surface area contributed by atoms with Gasteiger partial charge in [0.1, 0.15) is 17.7 Å². The molecule has 1 aromatic heterocycles. The van der Waals surface area contributed by atoms with Crippen LogP contribution in [0.2, 0.25) is 0 Å². The predicted molar refractivity (Wildman–Crippen MR) is 116 cm³/mol. The summed E-state index contributed by atoms with van der Waals surface area (Å²) >= 11 is 0. The Kier molecular flexibility index (Phi) is 4.54. The molecular weight excluding hydrogens is 412 g/mol. The second kappa shape index (κ2) is 7.19. The number of benzene rings is 2. The first-order valence-corrected chi connectivity index (χ1v) is 10.5. The lowest BCUT2D eigenvalue weighted by atomic mass is 9.88. The van der Waals surface area contributed by atoms with E-state index >= 15 is 0 Å². The zero-order chi connectivity index (χ0) is 22.6. The van der Waals surface area contributed by atoms with Gasteiger partial charge in [0, 0.05) is 23.0 Å². The molecule has 3 heterocycles. The second-order valence-electron chi connectivity index (χ2n) is 9.02. The minimum absolute atomic E-state index is 0.120. The van der Waals surface area contributed by atoms with E-state index in [4.69, 9.17) is 14.2 Å². The van der Waals surface area contributed by atoms with Gasteiger partial charge in [-0.05, 0) is 50.1 Å². The summed E-state index contributed by atoms with van der Waals surface area (Å²) in [5.41, 5.74) is 2.47. The van der Waals surface area contributed by atoms with Gasteiger partial charge in [0.2, 0.25) is 6.79 Å². The fourth-order valence-electron chi connectivity index (χ4n) is 4.45. The number of ether oxygens (including phenoxy) is 3. The molecule has 0 spiro atoms. The Morgan fingerprint density at radius 2 is 1.88 bits per heavy atom. The van der Waals surface area contributed by atoms with Crippen molar-refractivity contribution < 1.29 is 28.9 Å². The fourth-order valence-corrected chi connectivity index (χ4v) is 4.45. The number of aromatic amines is 1. The summed E-state index contributed by atoms with van der Waals surface area (Å²) < 4.78 is 16.6. The highest BCUT2D eigenvalue weighted by molar-refractivity contribution is 5.89.